The Morgan fingerprint density at radius 2 is 1.85 bits per heavy atom. The molecule has 0 atom stereocenters. The molecular formula is C31H32N4O2S3. The number of hydrogen-bond donors (Lipinski definition) is 1. The molecule has 6 rings (SSSR count). The van der Waals surface area contributed by atoms with Crippen LogP contribution >= 0.6 is 34.9 Å². The summed E-state index contributed by atoms with van der Waals surface area (Å²) in [6.07, 6.45) is 5.90. The van der Waals surface area contributed by atoms with Gasteiger partial charge in [-0.2, -0.15) is 0 Å². The van der Waals surface area contributed by atoms with E-state index in [1.54, 1.807) is 11.3 Å². The molecule has 1 aliphatic rings. The number of aryl methyl sites for hydroxylation is 2. The number of aromatic carboxylic acids is 1. The van der Waals surface area contributed by atoms with Crippen LogP contribution in [-0.4, -0.2) is 49.6 Å². The van der Waals surface area contributed by atoms with Gasteiger partial charge in [0.05, 0.1) is 54.2 Å². The molecule has 0 unspecified atom stereocenters. The maximum atomic E-state index is 12.0. The van der Waals surface area contributed by atoms with Crippen molar-refractivity contribution in [1.29, 1.82) is 0 Å². The Morgan fingerprint density at radius 3 is 2.52 bits per heavy atom. The maximum absolute atomic E-state index is 12.0. The fraction of sp³-hybridized carbons (Fsp3) is 0.355. The van der Waals surface area contributed by atoms with Crippen molar-refractivity contribution in [2.75, 3.05) is 14.1 Å². The lowest BCUT2D eigenvalue weighted by Crippen LogP contribution is -2.24. The molecule has 0 bridgehead atoms. The molecule has 40 heavy (non-hydrogen) atoms. The second-order valence-corrected chi connectivity index (χ2v) is 13.6. The number of likely N-dealkylation sites (N-methyl/N-ethyl adjacent to an activating group) is 1. The maximum Gasteiger partial charge on any atom is 0.345 e. The number of thiazole rings is 1. The average Bonchev–Trinajstić information content (AvgIpc) is 3.60. The smallest absolute Gasteiger partial charge is 0.345 e. The molecule has 0 aliphatic heterocycles. The minimum absolute atomic E-state index is 0.377. The summed E-state index contributed by atoms with van der Waals surface area (Å²) < 4.78 is 3.35. The van der Waals surface area contributed by atoms with Crippen LogP contribution < -0.4 is 0 Å². The van der Waals surface area contributed by atoms with Crippen LogP contribution in [0.15, 0.2) is 36.4 Å². The van der Waals surface area contributed by atoms with E-state index in [1.165, 1.54) is 36.2 Å². The number of carbonyl (C=O) groups is 1. The van der Waals surface area contributed by atoms with Crippen molar-refractivity contribution >= 4 is 67.0 Å². The van der Waals surface area contributed by atoms with E-state index in [4.69, 9.17) is 17.2 Å². The van der Waals surface area contributed by atoms with Crippen molar-refractivity contribution in [3.63, 3.8) is 0 Å². The number of nitrogens with zero attached hydrogens (tertiary/aromatic N) is 4. The lowest BCUT2D eigenvalue weighted by atomic mass is 9.83. The van der Waals surface area contributed by atoms with Crippen LogP contribution in [0.2, 0.25) is 0 Å². The third kappa shape index (κ3) is 4.84. The molecule has 1 fully saturated rings. The van der Waals surface area contributed by atoms with Gasteiger partial charge in [0.2, 0.25) is 0 Å². The van der Waals surface area contributed by atoms with Crippen molar-refractivity contribution in [3.8, 4) is 21.8 Å². The van der Waals surface area contributed by atoms with Crippen LogP contribution in [0.1, 0.15) is 64.0 Å². The number of rotatable bonds is 6. The number of pyridine rings is 1. The van der Waals surface area contributed by atoms with Gasteiger partial charge in [0.25, 0.3) is 0 Å². The van der Waals surface area contributed by atoms with Crippen LogP contribution in [0.3, 0.4) is 0 Å². The van der Waals surface area contributed by atoms with Crippen molar-refractivity contribution in [2.45, 2.75) is 58.4 Å². The molecule has 4 aromatic heterocycles. The van der Waals surface area contributed by atoms with Gasteiger partial charge in [0.15, 0.2) is 0 Å². The van der Waals surface area contributed by atoms with Gasteiger partial charge >= 0.3 is 5.97 Å². The summed E-state index contributed by atoms with van der Waals surface area (Å²) in [5, 5.41) is 12.0. The van der Waals surface area contributed by atoms with Gasteiger partial charge in [-0.3, -0.25) is 0 Å². The Morgan fingerprint density at radius 1 is 1.07 bits per heavy atom. The number of carboxylic acid groups (broad SMARTS) is 1. The van der Waals surface area contributed by atoms with E-state index in [-0.39, 0.29) is 0 Å². The highest BCUT2D eigenvalue weighted by atomic mass is 32.1. The molecule has 1 aliphatic carbocycles. The molecule has 1 saturated carbocycles. The number of aromatic nitrogens is 3. The van der Waals surface area contributed by atoms with Gasteiger partial charge in [0.1, 0.15) is 4.88 Å². The third-order valence-corrected chi connectivity index (χ3v) is 10.6. The zero-order valence-electron chi connectivity index (χ0n) is 23.2. The molecule has 206 valence electrons. The highest BCUT2D eigenvalue weighted by Crippen LogP contribution is 2.47. The fourth-order valence-electron chi connectivity index (χ4n) is 5.94. The van der Waals surface area contributed by atoms with Gasteiger partial charge < -0.3 is 14.6 Å². The van der Waals surface area contributed by atoms with Crippen LogP contribution in [0, 0.1) is 13.8 Å². The Balaban J connectivity index is 1.55. The van der Waals surface area contributed by atoms with Gasteiger partial charge in [-0.1, -0.05) is 43.6 Å². The molecule has 6 nitrogen and oxygen atoms in total. The summed E-state index contributed by atoms with van der Waals surface area (Å²) in [6.45, 7) is 4.59. The molecular weight excluding hydrogens is 557 g/mol. The standard InChI is InChI=1S/C31H32N4O2S3/c1-17-29(39-18(2)32-17)23-13-10-20-14-21(11-12-22(20)33-23)28-27(19-8-6-5-7-9-19)30-24(15-25(40-30)31(36)37)35(28)16-26(38)34(3)4/h10-15,19H,5-9,16H2,1-4H3,(H,36,37). The normalized spacial score (nSPS) is 14.3. The number of fused-ring (bicyclic) bond motifs is 2. The van der Waals surface area contributed by atoms with E-state index in [0.29, 0.717) is 17.3 Å². The van der Waals surface area contributed by atoms with Gasteiger partial charge in [0, 0.05) is 19.5 Å². The average molecular weight is 589 g/mol. The largest absolute Gasteiger partial charge is 0.477 e. The molecule has 0 radical (unpaired) electrons. The van der Waals surface area contributed by atoms with E-state index >= 15 is 0 Å². The lowest BCUT2D eigenvalue weighted by molar-refractivity contribution is 0.0702. The first-order valence-electron chi connectivity index (χ1n) is 13.7. The predicted octanol–water partition coefficient (Wildman–Crippen LogP) is 8.29. The van der Waals surface area contributed by atoms with Crippen molar-refractivity contribution < 1.29 is 9.90 Å². The Labute approximate surface area is 247 Å². The highest BCUT2D eigenvalue weighted by molar-refractivity contribution is 7.80. The quantitative estimate of drug-likeness (QED) is 0.201. The number of thiophene rings is 1. The van der Waals surface area contributed by atoms with Gasteiger partial charge in [-0.25, -0.2) is 14.8 Å². The Bertz CT molecular complexity index is 1770. The van der Waals surface area contributed by atoms with E-state index in [0.717, 1.165) is 71.5 Å². The number of benzene rings is 1. The summed E-state index contributed by atoms with van der Waals surface area (Å²) in [7, 11) is 3.93. The molecule has 1 aromatic carbocycles. The lowest BCUT2D eigenvalue weighted by Gasteiger charge is -2.24. The topological polar surface area (TPSA) is 71.2 Å². The van der Waals surface area contributed by atoms with E-state index in [2.05, 4.69) is 39.9 Å². The summed E-state index contributed by atoms with van der Waals surface area (Å²) in [6, 6.07) is 12.6. The molecule has 4 heterocycles. The first kappa shape index (κ1) is 27.1. The Kier molecular flexibility index (Phi) is 7.23. The van der Waals surface area contributed by atoms with Gasteiger partial charge in [-0.15, -0.1) is 22.7 Å². The fourth-order valence-corrected chi connectivity index (χ4v) is 8.09. The van der Waals surface area contributed by atoms with E-state index < -0.39 is 5.97 Å². The van der Waals surface area contributed by atoms with Crippen molar-refractivity contribution in [2.24, 2.45) is 0 Å². The molecule has 1 N–H and O–H groups in total. The monoisotopic (exact) mass is 588 g/mol. The predicted molar refractivity (Wildman–Crippen MR) is 170 cm³/mol. The number of thiocarbonyl (C=S) groups is 1. The summed E-state index contributed by atoms with van der Waals surface area (Å²) in [4.78, 5) is 25.8. The minimum Gasteiger partial charge on any atom is -0.477 e. The molecule has 9 heteroatoms. The van der Waals surface area contributed by atoms with Crippen molar-refractivity contribution in [3.05, 3.63) is 57.5 Å². The van der Waals surface area contributed by atoms with Gasteiger partial charge in [-0.05, 0) is 68.0 Å². The third-order valence-electron chi connectivity index (χ3n) is 7.89. The van der Waals surface area contributed by atoms with Crippen molar-refractivity contribution in [1.82, 2.24) is 19.4 Å². The molecule has 0 amide bonds. The first-order valence-corrected chi connectivity index (χ1v) is 15.7. The van der Waals surface area contributed by atoms with Crippen LogP contribution in [0.4, 0.5) is 0 Å². The second-order valence-electron chi connectivity index (χ2n) is 10.9. The zero-order chi connectivity index (χ0) is 28.1. The minimum atomic E-state index is -0.877. The Hall–Kier alpha value is -3.14. The van der Waals surface area contributed by atoms with E-state index in [9.17, 15) is 9.90 Å². The zero-order valence-corrected chi connectivity index (χ0v) is 25.6. The summed E-state index contributed by atoms with van der Waals surface area (Å²) in [5.41, 5.74) is 7.44. The molecule has 0 saturated heterocycles. The van der Waals surface area contributed by atoms with Crippen LogP contribution in [0.25, 0.3) is 42.9 Å². The van der Waals surface area contributed by atoms with Crippen LogP contribution in [-0.2, 0) is 6.54 Å². The highest BCUT2D eigenvalue weighted by Gasteiger charge is 2.29. The second kappa shape index (κ2) is 10.7. The number of carboxylic acids is 1. The summed E-state index contributed by atoms with van der Waals surface area (Å²) >= 11 is 8.86. The molecule has 5 aromatic rings. The van der Waals surface area contributed by atoms with Crippen LogP contribution in [0.5, 0.6) is 0 Å². The van der Waals surface area contributed by atoms with E-state index in [1.807, 2.05) is 38.9 Å². The molecule has 0 spiro atoms. The SMILES string of the molecule is Cc1nc(C)c(-c2ccc3cc(-c4c(C5CCCCC5)c5sc(C(=O)O)cc5n4CC(=S)N(C)C)ccc3n2)s1. The number of hydrogen-bond acceptors (Lipinski definition) is 6. The first-order chi connectivity index (χ1) is 19.2. The summed E-state index contributed by atoms with van der Waals surface area (Å²) in [5.74, 6) is -0.479.